The molecule has 1 aromatic carbocycles. The van der Waals surface area contributed by atoms with Gasteiger partial charge in [0, 0.05) is 32.0 Å². The highest BCUT2D eigenvalue weighted by Gasteiger charge is 2.17. The van der Waals surface area contributed by atoms with E-state index in [0.717, 1.165) is 37.5 Å². The van der Waals surface area contributed by atoms with Gasteiger partial charge >= 0.3 is 6.03 Å². The number of rotatable bonds is 6. The van der Waals surface area contributed by atoms with E-state index in [1.165, 1.54) is 16.7 Å². The molecule has 1 atom stereocenters. The van der Waals surface area contributed by atoms with Crippen LogP contribution in [-0.2, 0) is 25.8 Å². The molecule has 1 aromatic heterocycles. The van der Waals surface area contributed by atoms with Gasteiger partial charge in [-0.25, -0.2) is 4.79 Å². The highest BCUT2D eigenvalue weighted by molar-refractivity contribution is 5.74. The molecule has 0 saturated heterocycles. The number of carbonyl (C=O) groups excluding carboxylic acids is 1. The summed E-state index contributed by atoms with van der Waals surface area (Å²) >= 11 is 0. The number of benzene rings is 1. The Morgan fingerprint density at radius 3 is 2.76 bits per heavy atom. The molecule has 25 heavy (non-hydrogen) atoms. The lowest BCUT2D eigenvalue weighted by atomic mass is 10.0. The molecule has 0 spiro atoms. The summed E-state index contributed by atoms with van der Waals surface area (Å²) in [6.07, 6.45) is 3.69. The molecule has 2 aromatic rings. The molecule has 2 heterocycles. The Hall–Kier alpha value is -2.37. The maximum absolute atomic E-state index is 12.1. The highest BCUT2D eigenvalue weighted by Crippen LogP contribution is 2.14. The minimum absolute atomic E-state index is 0.0820. The fourth-order valence-corrected chi connectivity index (χ4v) is 3.55. The van der Waals surface area contributed by atoms with Crippen molar-refractivity contribution in [3.63, 3.8) is 0 Å². The van der Waals surface area contributed by atoms with Crippen LogP contribution in [0.4, 0.5) is 4.79 Å². The van der Waals surface area contributed by atoms with Crippen molar-refractivity contribution in [2.24, 2.45) is 0 Å². The summed E-state index contributed by atoms with van der Waals surface area (Å²) in [4.78, 5) is 12.1. The Balaban J connectivity index is 1.42. The lowest BCUT2D eigenvalue weighted by Crippen LogP contribution is -2.42. The molecule has 2 amide bonds. The molecule has 3 rings (SSSR count). The molecule has 2 N–H and O–H groups in total. The van der Waals surface area contributed by atoms with Gasteiger partial charge in [-0.2, -0.15) is 0 Å². The zero-order chi connectivity index (χ0) is 17.8. The zero-order valence-electron chi connectivity index (χ0n) is 15.3. The average molecular weight is 341 g/mol. The summed E-state index contributed by atoms with van der Waals surface area (Å²) in [6.45, 7) is 7.80. The fraction of sp³-hybridized carbons (Fsp3) is 0.526. The van der Waals surface area contributed by atoms with Gasteiger partial charge in [-0.15, -0.1) is 10.2 Å². The van der Waals surface area contributed by atoms with Crippen LogP contribution < -0.4 is 10.6 Å². The van der Waals surface area contributed by atoms with Crippen LogP contribution in [0, 0.1) is 13.8 Å². The van der Waals surface area contributed by atoms with Crippen LogP contribution in [0.15, 0.2) is 18.2 Å². The number of nitrogens with one attached hydrogen (secondary N) is 2. The molecule has 1 aliphatic rings. The summed E-state index contributed by atoms with van der Waals surface area (Å²) < 4.78 is 2.17. The van der Waals surface area contributed by atoms with E-state index in [0.29, 0.717) is 13.0 Å². The predicted octanol–water partition coefficient (Wildman–Crippen LogP) is 2.31. The van der Waals surface area contributed by atoms with Crippen LogP contribution in [0.2, 0.25) is 0 Å². The minimum Gasteiger partial charge on any atom is -0.338 e. The van der Waals surface area contributed by atoms with Crippen LogP contribution in [0.1, 0.15) is 41.7 Å². The maximum Gasteiger partial charge on any atom is 0.315 e. The first-order chi connectivity index (χ1) is 12.0. The second-order valence-electron chi connectivity index (χ2n) is 7.04. The second kappa shape index (κ2) is 7.68. The van der Waals surface area contributed by atoms with Crippen molar-refractivity contribution in [1.29, 1.82) is 0 Å². The van der Waals surface area contributed by atoms with Crippen LogP contribution in [0.5, 0.6) is 0 Å². The largest absolute Gasteiger partial charge is 0.338 e. The molecule has 6 heteroatoms. The summed E-state index contributed by atoms with van der Waals surface area (Å²) in [7, 11) is 0. The van der Waals surface area contributed by atoms with Crippen molar-refractivity contribution in [2.75, 3.05) is 6.54 Å². The summed E-state index contributed by atoms with van der Waals surface area (Å²) in [6, 6.07) is 6.47. The number of nitrogens with zero attached hydrogens (tertiary/aromatic N) is 3. The van der Waals surface area contributed by atoms with Gasteiger partial charge in [0.05, 0.1) is 0 Å². The SMILES string of the molecule is Cc1cc(C)cc(C[C@@H](C)NC(=O)NCCc2nnc3n2CCC3)c1. The van der Waals surface area contributed by atoms with Crippen LogP contribution in [0.25, 0.3) is 0 Å². The summed E-state index contributed by atoms with van der Waals surface area (Å²) in [5.74, 6) is 2.04. The maximum atomic E-state index is 12.1. The van der Waals surface area contributed by atoms with Gasteiger partial charge in [0.2, 0.25) is 0 Å². The Bertz CT molecular complexity index is 732. The van der Waals surface area contributed by atoms with Crippen molar-refractivity contribution >= 4 is 6.03 Å². The van der Waals surface area contributed by atoms with Crippen LogP contribution in [-0.4, -0.2) is 33.4 Å². The van der Waals surface area contributed by atoms with Crippen molar-refractivity contribution in [3.8, 4) is 0 Å². The zero-order valence-corrected chi connectivity index (χ0v) is 15.3. The van der Waals surface area contributed by atoms with Crippen LogP contribution in [0.3, 0.4) is 0 Å². The van der Waals surface area contributed by atoms with Crippen molar-refractivity contribution in [1.82, 2.24) is 25.4 Å². The van der Waals surface area contributed by atoms with E-state index in [4.69, 9.17) is 0 Å². The van der Waals surface area contributed by atoms with Crippen molar-refractivity contribution in [3.05, 3.63) is 46.5 Å². The number of hydrogen-bond donors (Lipinski definition) is 2. The van der Waals surface area contributed by atoms with E-state index in [2.05, 4.69) is 57.4 Å². The first kappa shape index (κ1) is 17.5. The lowest BCUT2D eigenvalue weighted by Gasteiger charge is -2.15. The van der Waals surface area contributed by atoms with Crippen molar-refractivity contribution < 1.29 is 4.79 Å². The molecular formula is C19H27N5O. The Morgan fingerprint density at radius 2 is 2.00 bits per heavy atom. The van der Waals surface area contributed by atoms with E-state index in [9.17, 15) is 4.79 Å². The smallest absolute Gasteiger partial charge is 0.315 e. The monoisotopic (exact) mass is 341 g/mol. The molecule has 0 saturated carbocycles. The van der Waals surface area contributed by atoms with E-state index >= 15 is 0 Å². The topological polar surface area (TPSA) is 71.8 Å². The molecule has 0 bridgehead atoms. The molecular weight excluding hydrogens is 314 g/mol. The predicted molar refractivity (Wildman–Crippen MR) is 97.7 cm³/mol. The highest BCUT2D eigenvalue weighted by atomic mass is 16.2. The van der Waals surface area contributed by atoms with Gasteiger partial charge in [0.25, 0.3) is 0 Å². The number of aryl methyl sites for hydroxylation is 3. The molecule has 0 radical (unpaired) electrons. The molecule has 0 aliphatic carbocycles. The number of aromatic nitrogens is 3. The summed E-state index contributed by atoms with van der Waals surface area (Å²) in [5.41, 5.74) is 3.77. The Labute approximate surface area is 149 Å². The van der Waals surface area contributed by atoms with E-state index in [-0.39, 0.29) is 12.1 Å². The molecule has 6 nitrogen and oxygen atoms in total. The number of hydrogen-bond acceptors (Lipinski definition) is 3. The number of fused-ring (bicyclic) bond motifs is 1. The first-order valence-electron chi connectivity index (χ1n) is 9.04. The fourth-order valence-electron chi connectivity index (χ4n) is 3.55. The first-order valence-corrected chi connectivity index (χ1v) is 9.04. The van der Waals surface area contributed by atoms with Gasteiger partial charge in [0.15, 0.2) is 0 Å². The number of amides is 2. The standard InChI is InChI=1S/C19H27N5O/c1-13-9-14(2)11-16(10-13)12-15(3)21-19(25)20-7-6-18-23-22-17-5-4-8-24(17)18/h9-11,15H,4-8,12H2,1-3H3,(H2,20,21,25)/t15-/m1/s1. The van der Waals surface area contributed by atoms with E-state index < -0.39 is 0 Å². The third kappa shape index (κ3) is 4.59. The molecule has 0 unspecified atom stereocenters. The van der Waals surface area contributed by atoms with Gasteiger partial charge in [-0.3, -0.25) is 0 Å². The van der Waals surface area contributed by atoms with Gasteiger partial charge in [0.1, 0.15) is 11.6 Å². The van der Waals surface area contributed by atoms with Crippen LogP contribution >= 0.6 is 0 Å². The lowest BCUT2D eigenvalue weighted by molar-refractivity contribution is 0.238. The Kier molecular flexibility index (Phi) is 5.36. The Morgan fingerprint density at radius 1 is 1.24 bits per heavy atom. The average Bonchev–Trinajstić information content (AvgIpc) is 3.10. The van der Waals surface area contributed by atoms with E-state index in [1.807, 2.05) is 6.92 Å². The van der Waals surface area contributed by atoms with Crippen molar-refractivity contribution in [2.45, 2.75) is 59.0 Å². The molecule has 0 fully saturated rings. The van der Waals surface area contributed by atoms with Gasteiger partial charge in [-0.05, 0) is 39.2 Å². The molecule has 134 valence electrons. The quantitative estimate of drug-likeness (QED) is 0.847. The van der Waals surface area contributed by atoms with Gasteiger partial charge in [-0.1, -0.05) is 29.3 Å². The summed E-state index contributed by atoms with van der Waals surface area (Å²) in [5, 5.41) is 14.3. The third-order valence-electron chi connectivity index (χ3n) is 4.52. The van der Waals surface area contributed by atoms with Gasteiger partial charge < -0.3 is 15.2 Å². The van der Waals surface area contributed by atoms with E-state index in [1.54, 1.807) is 0 Å². The minimum atomic E-state index is -0.127. The second-order valence-corrected chi connectivity index (χ2v) is 7.04. The normalized spacial score (nSPS) is 14.2. The molecule has 1 aliphatic heterocycles. The number of carbonyl (C=O) groups is 1. The number of urea groups is 1. The third-order valence-corrected chi connectivity index (χ3v) is 4.52.